The Balaban J connectivity index is 2.42. The molecule has 1 rings (SSSR count). The summed E-state index contributed by atoms with van der Waals surface area (Å²) in [5.41, 5.74) is 0.0588. The molecular weight excluding hydrogens is 226 g/mol. The van der Waals surface area contributed by atoms with Gasteiger partial charge >= 0.3 is 6.03 Å². The van der Waals surface area contributed by atoms with Gasteiger partial charge in [0.2, 0.25) is 0 Å². The Morgan fingerprint density at radius 2 is 1.72 bits per heavy atom. The first kappa shape index (κ1) is 15.3. The van der Waals surface area contributed by atoms with Crippen LogP contribution in [0.3, 0.4) is 0 Å². The number of carbonyl (C=O) groups excluding carboxylic acids is 1. The Labute approximate surface area is 112 Å². The quantitative estimate of drug-likeness (QED) is 0.818. The van der Waals surface area contributed by atoms with Crippen molar-refractivity contribution in [3.05, 3.63) is 0 Å². The predicted octanol–water partition coefficient (Wildman–Crippen LogP) is 2.30. The van der Waals surface area contributed by atoms with Gasteiger partial charge in [-0.05, 0) is 53.6 Å². The number of urea groups is 1. The lowest BCUT2D eigenvalue weighted by molar-refractivity contribution is 0.0941. The molecule has 1 aliphatic rings. The maximum absolute atomic E-state index is 11.9. The van der Waals surface area contributed by atoms with Crippen LogP contribution in [0, 0.1) is 0 Å². The van der Waals surface area contributed by atoms with Gasteiger partial charge < -0.3 is 10.2 Å². The van der Waals surface area contributed by atoms with E-state index in [1.165, 1.54) is 19.3 Å². The Bertz CT molecular complexity index is 256. The van der Waals surface area contributed by atoms with Crippen molar-refractivity contribution >= 4 is 6.03 Å². The summed E-state index contributed by atoms with van der Waals surface area (Å²) < 4.78 is 0. The second-order valence-corrected chi connectivity index (χ2v) is 5.69. The number of carbonyl (C=O) groups is 1. The van der Waals surface area contributed by atoms with Crippen LogP contribution >= 0.6 is 0 Å². The van der Waals surface area contributed by atoms with Gasteiger partial charge in [-0.15, -0.1) is 0 Å². The van der Waals surface area contributed by atoms with Gasteiger partial charge in [0.1, 0.15) is 0 Å². The van der Waals surface area contributed by atoms with E-state index in [9.17, 15) is 4.79 Å². The molecule has 2 amide bonds. The number of amides is 2. The summed E-state index contributed by atoms with van der Waals surface area (Å²) in [7, 11) is 0. The number of hydrogen-bond acceptors (Lipinski definition) is 2. The van der Waals surface area contributed by atoms with E-state index in [0.29, 0.717) is 0 Å². The summed E-state index contributed by atoms with van der Waals surface area (Å²) in [6, 6.07) is 0.0603. The van der Waals surface area contributed by atoms with Crippen LogP contribution in [0.4, 0.5) is 4.79 Å². The molecule has 0 saturated carbocycles. The van der Waals surface area contributed by atoms with E-state index >= 15 is 0 Å². The van der Waals surface area contributed by atoms with Gasteiger partial charge in [-0.2, -0.15) is 0 Å². The highest BCUT2D eigenvalue weighted by Gasteiger charge is 2.28. The van der Waals surface area contributed by atoms with Crippen molar-refractivity contribution in [3.63, 3.8) is 0 Å². The molecule has 1 saturated heterocycles. The van der Waals surface area contributed by atoms with Crippen LogP contribution in [0.5, 0.6) is 0 Å². The molecule has 106 valence electrons. The minimum Gasteiger partial charge on any atom is -0.336 e. The molecule has 1 N–H and O–H groups in total. The zero-order valence-corrected chi connectivity index (χ0v) is 12.5. The highest BCUT2D eigenvalue weighted by molar-refractivity contribution is 5.74. The van der Waals surface area contributed by atoms with Crippen molar-refractivity contribution in [1.82, 2.24) is 15.1 Å². The van der Waals surface area contributed by atoms with E-state index in [0.717, 1.165) is 32.7 Å². The summed E-state index contributed by atoms with van der Waals surface area (Å²) in [4.78, 5) is 16.3. The molecular formula is C14H29N3O. The fourth-order valence-electron chi connectivity index (χ4n) is 2.53. The molecule has 18 heavy (non-hydrogen) atoms. The Morgan fingerprint density at radius 3 is 2.22 bits per heavy atom. The Morgan fingerprint density at radius 1 is 1.17 bits per heavy atom. The topological polar surface area (TPSA) is 35.6 Å². The molecule has 0 aromatic carbocycles. The third kappa shape index (κ3) is 4.16. The van der Waals surface area contributed by atoms with E-state index in [1.54, 1.807) is 0 Å². The van der Waals surface area contributed by atoms with Crippen LogP contribution in [0.25, 0.3) is 0 Å². The minimum atomic E-state index is 0.0588. The van der Waals surface area contributed by atoms with E-state index < -0.39 is 0 Å². The molecule has 0 spiro atoms. The van der Waals surface area contributed by atoms with E-state index in [-0.39, 0.29) is 11.6 Å². The number of rotatable bonds is 5. The molecule has 0 aliphatic carbocycles. The Hall–Kier alpha value is -0.770. The van der Waals surface area contributed by atoms with Crippen molar-refractivity contribution in [2.75, 3.05) is 32.7 Å². The number of nitrogens with one attached hydrogen (secondary N) is 1. The summed E-state index contributed by atoms with van der Waals surface area (Å²) in [5, 5.41) is 3.07. The first-order chi connectivity index (χ1) is 8.51. The van der Waals surface area contributed by atoms with Crippen LogP contribution in [-0.2, 0) is 0 Å². The first-order valence-corrected chi connectivity index (χ1v) is 7.29. The van der Waals surface area contributed by atoms with Crippen molar-refractivity contribution in [2.45, 2.75) is 52.5 Å². The molecule has 1 fully saturated rings. The second kappa shape index (κ2) is 6.98. The number of likely N-dealkylation sites (tertiary alicyclic amines) is 1. The molecule has 0 aromatic rings. The van der Waals surface area contributed by atoms with Crippen LogP contribution in [0.15, 0.2) is 0 Å². The standard InChI is InChI=1S/C14H29N3O/c1-5-16(6-2)13(18)15-12-14(3,4)17-10-8-7-9-11-17/h5-12H2,1-4H3,(H,15,18). The summed E-state index contributed by atoms with van der Waals surface area (Å²) in [5.74, 6) is 0. The maximum atomic E-state index is 11.9. The largest absolute Gasteiger partial charge is 0.336 e. The Kier molecular flexibility index (Phi) is 5.93. The van der Waals surface area contributed by atoms with Gasteiger partial charge in [0.05, 0.1) is 0 Å². The molecule has 4 heteroatoms. The summed E-state index contributed by atoms with van der Waals surface area (Å²) in [6.45, 7) is 13.1. The average molecular weight is 255 g/mol. The molecule has 0 unspecified atom stereocenters. The fourth-order valence-corrected chi connectivity index (χ4v) is 2.53. The highest BCUT2D eigenvalue weighted by atomic mass is 16.2. The minimum absolute atomic E-state index is 0.0588. The molecule has 0 bridgehead atoms. The predicted molar refractivity (Wildman–Crippen MR) is 75.8 cm³/mol. The summed E-state index contributed by atoms with van der Waals surface area (Å²) >= 11 is 0. The lowest BCUT2D eigenvalue weighted by Gasteiger charge is -2.41. The van der Waals surface area contributed by atoms with Crippen molar-refractivity contribution in [2.24, 2.45) is 0 Å². The molecule has 0 aromatic heterocycles. The average Bonchev–Trinajstić information content (AvgIpc) is 2.39. The van der Waals surface area contributed by atoms with Crippen LogP contribution in [-0.4, -0.2) is 54.1 Å². The molecule has 4 nitrogen and oxygen atoms in total. The van der Waals surface area contributed by atoms with Gasteiger partial charge in [0.15, 0.2) is 0 Å². The third-order valence-corrected chi connectivity index (χ3v) is 3.94. The van der Waals surface area contributed by atoms with Crippen molar-refractivity contribution in [1.29, 1.82) is 0 Å². The van der Waals surface area contributed by atoms with Crippen LogP contribution in [0.1, 0.15) is 47.0 Å². The normalized spacial score (nSPS) is 17.6. The van der Waals surface area contributed by atoms with Gasteiger partial charge in [-0.25, -0.2) is 4.79 Å². The fraction of sp³-hybridized carbons (Fsp3) is 0.929. The zero-order chi connectivity index (χ0) is 13.6. The van der Waals surface area contributed by atoms with Crippen LogP contribution in [0.2, 0.25) is 0 Å². The van der Waals surface area contributed by atoms with Gasteiger partial charge in [0, 0.05) is 25.2 Å². The van der Waals surface area contributed by atoms with E-state index in [2.05, 4.69) is 24.1 Å². The van der Waals surface area contributed by atoms with Crippen molar-refractivity contribution in [3.8, 4) is 0 Å². The highest BCUT2D eigenvalue weighted by Crippen LogP contribution is 2.19. The van der Waals surface area contributed by atoms with E-state index in [1.807, 2.05) is 18.7 Å². The number of hydrogen-bond donors (Lipinski definition) is 1. The maximum Gasteiger partial charge on any atom is 0.317 e. The monoisotopic (exact) mass is 255 g/mol. The van der Waals surface area contributed by atoms with Gasteiger partial charge in [0.25, 0.3) is 0 Å². The number of nitrogens with zero attached hydrogens (tertiary/aromatic N) is 2. The smallest absolute Gasteiger partial charge is 0.317 e. The van der Waals surface area contributed by atoms with Crippen molar-refractivity contribution < 1.29 is 4.79 Å². The zero-order valence-electron chi connectivity index (χ0n) is 12.5. The van der Waals surface area contributed by atoms with Crippen LogP contribution < -0.4 is 5.32 Å². The van der Waals surface area contributed by atoms with Gasteiger partial charge in [-0.1, -0.05) is 6.42 Å². The lowest BCUT2D eigenvalue weighted by Crippen LogP contribution is -2.55. The summed E-state index contributed by atoms with van der Waals surface area (Å²) in [6.07, 6.45) is 3.92. The molecule has 0 atom stereocenters. The second-order valence-electron chi connectivity index (χ2n) is 5.69. The third-order valence-electron chi connectivity index (χ3n) is 3.94. The molecule has 0 radical (unpaired) electrons. The molecule has 1 heterocycles. The van der Waals surface area contributed by atoms with E-state index in [4.69, 9.17) is 0 Å². The lowest BCUT2D eigenvalue weighted by atomic mass is 9.98. The number of piperidine rings is 1. The van der Waals surface area contributed by atoms with Gasteiger partial charge in [-0.3, -0.25) is 4.90 Å². The SMILES string of the molecule is CCN(CC)C(=O)NCC(C)(C)N1CCCCC1. The molecule has 1 aliphatic heterocycles. The first-order valence-electron chi connectivity index (χ1n) is 7.29.